The lowest BCUT2D eigenvalue weighted by molar-refractivity contribution is 0.125. The predicted molar refractivity (Wildman–Crippen MR) is 83.0 cm³/mol. The molecule has 2 nitrogen and oxygen atoms in total. The molecule has 1 fully saturated rings. The van der Waals surface area contributed by atoms with Crippen LogP contribution in [0.3, 0.4) is 0 Å². The number of benzene rings is 1. The van der Waals surface area contributed by atoms with E-state index in [1.807, 2.05) is 6.07 Å². The van der Waals surface area contributed by atoms with Crippen LogP contribution in [0, 0.1) is 11.3 Å². The Balaban J connectivity index is 1.76. The molecular formula is C17H24ClNO. The van der Waals surface area contributed by atoms with Crippen molar-refractivity contribution in [3.05, 3.63) is 34.3 Å². The number of halogens is 1. The minimum atomic E-state index is -0.120. The SMILES string of the molecule is CC1(C)Cc2ccc(Cl)cc2C1NCC1CCCC1O. The van der Waals surface area contributed by atoms with Crippen LogP contribution in [0.15, 0.2) is 18.2 Å². The average Bonchev–Trinajstić information content (AvgIpc) is 2.88. The Morgan fingerprint density at radius 3 is 2.85 bits per heavy atom. The highest BCUT2D eigenvalue weighted by molar-refractivity contribution is 6.30. The molecule has 2 aliphatic carbocycles. The van der Waals surface area contributed by atoms with E-state index in [0.717, 1.165) is 37.3 Å². The van der Waals surface area contributed by atoms with Crippen LogP contribution < -0.4 is 5.32 Å². The van der Waals surface area contributed by atoms with Crippen LogP contribution in [0.2, 0.25) is 5.02 Å². The third kappa shape index (κ3) is 2.61. The van der Waals surface area contributed by atoms with Crippen LogP contribution in [0.1, 0.15) is 50.3 Å². The van der Waals surface area contributed by atoms with E-state index < -0.39 is 0 Å². The molecule has 1 saturated carbocycles. The second-order valence-corrected chi connectivity index (χ2v) is 7.54. The molecule has 0 heterocycles. The van der Waals surface area contributed by atoms with Crippen LogP contribution in [-0.2, 0) is 6.42 Å². The van der Waals surface area contributed by atoms with Gasteiger partial charge in [-0.3, -0.25) is 0 Å². The lowest BCUT2D eigenvalue weighted by atomic mass is 9.85. The quantitative estimate of drug-likeness (QED) is 0.890. The summed E-state index contributed by atoms with van der Waals surface area (Å²) in [5.74, 6) is 0.411. The van der Waals surface area contributed by atoms with Crippen molar-refractivity contribution in [1.82, 2.24) is 5.32 Å². The summed E-state index contributed by atoms with van der Waals surface area (Å²) in [6.45, 7) is 5.52. The van der Waals surface area contributed by atoms with E-state index >= 15 is 0 Å². The van der Waals surface area contributed by atoms with Gasteiger partial charge in [-0.2, -0.15) is 0 Å². The van der Waals surface area contributed by atoms with Gasteiger partial charge >= 0.3 is 0 Å². The second kappa shape index (κ2) is 5.32. The first-order valence-corrected chi connectivity index (χ1v) is 8.05. The van der Waals surface area contributed by atoms with Crippen molar-refractivity contribution < 1.29 is 5.11 Å². The normalized spacial score (nSPS) is 31.5. The van der Waals surface area contributed by atoms with Crippen molar-refractivity contribution in [2.24, 2.45) is 11.3 Å². The fraction of sp³-hybridized carbons (Fsp3) is 0.647. The summed E-state index contributed by atoms with van der Waals surface area (Å²) < 4.78 is 0. The molecule has 1 aromatic carbocycles. The van der Waals surface area contributed by atoms with Gasteiger partial charge in [0.2, 0.25) is 0 Å². The molecule has 0 radical (unpaired) electrons. The topological polar surface area (TPSA) is 32.3 Å². The van der Waals surface area contributed by atoms with Crippen LogP contribution in [0.4, 0.5) is 0 Å². The number of hydrogen-bond acceptors (Lipinski definition) is 2. The fourth-order valence-electron chi connectivity index (χ4n) is 3.92. The molecule has 0 amide bonds. The summed E-state index contributed by atoms with van der Waals surface area (Å²) in [4.78, 5) is 0. The molecule has 1 aromatic rings. The molecule has 3 rings (SSSR count). The predicted octanol–water partition coefficient (Wildman–Crippen LogP) is 3.71. The summed E-state index contributed by atoms with van der Waals surface area (Å²) in [6.07, 6.45) is 4.23. The zero-order valence-corrected chi connectivity index (χ0v) is 13.1. The van der Waals surface area contributed by atoms with E-state index in [-0.39, 0.29) is 11.5 Å². The molecule has 0 aromatic heterocycles. The molecule has 3 atom stereocenters. The van der Waals surface area contributed by atoms with E-state index in [2.05, 4.69) is 31.3 Å². The van der Waals surface area contributed by atoms with Crippen molar-refractivity contribution in [3.63, 3.8) is 0 Å². The first kappa shape index (κ1) is 14.4. The van der Waals surface area contributed by atoms with Crippen molar-refractivity contribution in [2.45, 2.75) is 51.7 Å². The number of fused-ring (bicyclic) bond motifs is 1. The average molecular weight is 294 g/mol. The Morgan fingerprint density at radius 1 is 1.35 bits per heavy atom. The first-order valence-electron chi connectivity index (χ1n) is 7.67. The van der Waals surface area contributed by atoms with Gasteiger partial charge in [0, 0.05) is 17.6 Å². The lowest BCUT2D eigenvalue weighted by Crippen LogP contribution is -2.36. The van der Waals surface area contributed by atoms with Gasteiger partial charge in [-0.25, -0.2) is 0 Å². The van der Waals surface area contributed by atoms with Crippen molar-refractivity contribution in [2.75, 3.05) is 6.54 Å². The highest BCUT2D eigenvalue weighted by atomic mass is 35.5. The fourth-order valence-corrected chi connectivity index (χ4v) is 4.10. The summed E-state index contributed by atoms with van der Waals surface area (Å²) in [7, 11) is 0. The molecule has 3 unspecified atom stereocenters. The van der Waals surface area contributed by atoms with Gasteiger partial charge in [0.15, 0.2) is 0 Å². The van der Waals surface area contributed by atoms with Gasteiger partial charge in [0.05, 0.1) is 6.10 Å². The van der Waals surface area contributed by atoms with Gasteiger partial charge in [-0.1, -0.05) is 37.9 Å². The van der Waals surface area contributed by atoms with Crippen molar-refractivity contribution in [3.8, 4) is 0 Å². The Bertz CT molecular complexity index is 500. The zero-order chi connectivity index (χ0) is 14.3. The summed E-state index contributed by atoms with van der Waals surface area (Å²) in [5, 5.41) is 14.5. The van der Waals surface area contributed by atoms with E-state index in [4.69, 9.17) is 11.6 Å². The minimum Gasteiger partial charge on any atom is -0.393 e. The molecule has 3 heteroatoms. The maximum Gasteiger partial charge on any atom is 0.0580 e. The zero-order valence-electron chi connectivity index (χ0n) is 12.3. The molecule has 0 aliphatic heterocycles. The van der Waals surface area contributed by atoms with Crippen LogP contribution >= 0.6 is 11.6 Å². The maximum absolute atomic E-state index is 9.97. The number of aliphatic hydroxyl groups excluding tert-OH is 1. The van der Waals surface area contributed by atoms with E-state index in [1.54, 1.807) is 0 Å². The number of rotatable bonds is 3. The standard InChI is InChI=1S/C17H24ClNO/c1-17(2)9-11-6-7-13(18)8-14(11)16(17)19-10-12-4-3-5-15(12)20/h6-8,12,15-16,19-20H,3-5,9-10H2,1-2H3. The van der Waals surface area contributed by atoms with Gasteiger partial charge < -0.3 is 10.4 Å². The molecule has 2 N–H and O–H groups in total. The highest BCUT2D eigenvalue weighted by Crippen LogP contribution is 2.46. The first-order chi connectivity index (χ1) is 9.47. The van der Waals surface area contributed by atoms with Gasteiger partial charge in [0.1, 0.15) is 0 Å². The lowest BCUT2D eigenvalue weighted by Gasteiger charge is -2.30. The van der Waals surface area contributed by atoms with E-state index in [1.165, 1.54) is 11.1 Å². The monoisotopic (exact) mass is 293 g/mol. The molecule has 0 saturated heterocycles. The van der Waals surface area contributed by atoms with Gasteiger partial charge in [-0.15, -0.1) is 0 Å². The summed E-state index contributed by atoms with van der Waals surface area (Å²) >= 11 is 6.16. The molecule has 0 spiro atoms. The molecule has 110 valence electrons. The Hall–Kier alpha value is -0.570. The van der Waals surface area contributed by atoms with E-state index in [9.17, 15) is 5.11 Å². The Labute approximate surface area is 126 Å². The minimum absolute atomic E-state index is 0.120. The van der Waals surface area contributed by atoms with Crippen LogP contribution in [-0.4, -0.2) is 17.8 Å². The highest BCUT2D eigenvalue weighted by Gasteiger charge is 2.39. The van der Waals surface area contributed by atoms with Crippen LogP contribution in [0.5, 0.6) is 0 Å². The van der Waals surface area contributed by atoms with Crippen molar-refractivity contribution >= 4 is 11.6 Å². The number of nitrogens with one attached hydrogen (secondary N) is 1. The molecule has 2 aliphatic rings. The smallest absolute Gasteiger partial charge is 0.0580 e. The molecule has 20 heavy (non-hydrogen) atoms. The second-order valence-electron chi connectivity index (χ2n) is 7.11. The Morgan fingerprint density at radius 2 is 2.15 bits per heavy atom. The van der Waals surface area contributed by atoms with Gasteiger partial charge in [-0.05, 0) is 53.9 Å². The molecular weight excluding hydrogens is 270 g/mol. The maximum atomic E-state index is 9.97. The van der Waals surface area contributed by atoms with Crippen LogP contribution in [0.25, 0.3) is 0 Å². The van der Waals surface area contributed by atoms with Crippen molar-refractivity contribution in [1.29, 1.82) is 0 Å². The largest absolute Gasteiger partial charge is 0.393 e. The summed E-state index contributed by atoms with van der Waals surface area (Å²) in [6, 6.07) is 6.59. The number of aliphatic hydroxyl groups is 1. The third-order valence-corrected chi connectivity index (χ3v) is 5.28. The van der Waals surface area contributed by atoms with Gasteiger partial charge in [0.25, 0.3) is 0 Å². The Kier molecular flexibility index (Phi) is 3.83. The van der Waals surface area contributed by atoms with E-state index in [0.29, 0.717) is 12.0 Å². The summed E-state index contributed by atoms with van der Waals surface area (Å²) in [5.41, 5.74) is 2.95. The molecule has 0 bridgehead atoms. The third-order valence-electron chi connectivity index (χ3n) is 5.05. The number of hydrogen-bond donors (Lipinski definition) is 2.